The lowest BCUT2D eigenvalue weighted by Crippen LogP contribution is -2.55. The van der Waals surface area contributed by atoms with Crippen molar-refractivity contribution in [1.29, 1.82) is 0 Å². The third kappa shape index (κ3) is 14.6. The van der Waals surface area contributed by atoms with Gasteiger partial charge in [-0.15, -0.1) is 0 Å². The second-order valence-electron chi connectivity index (χ2n) is 7.76. The highest BCUT2D eigenvalue weighted by atomic mass is 127. The molecule has 0 rings (SSSR count). The van der Waals surface area contributed by atoms with Crippen LogP contribution in [-0.4, -0.2) is 90.7 Å². The van der Waals surface area contributed by atoms with Gasteiger partial charge >= 0.3 is 77.2 Å². The Kier molecular flexibility index (Phi) is 19.3. The molecule has 0 N–H and O–H groups in total. The number of hydrogen-bond acceptors (Lipinski definition) is 10. The molecule has 10 nitrogen and oxygen atoms in total. The van der Waals surface area contributed by atoms with Gasteiger partial charge in [0.2, 0.25) is 0 Å². The maximum atomic E-state index is 13.4. The average Bonchev–Trinajstić information content (AvgIpc) is 2.86. The fraction of sp³-hybridized carbons (Fsp3) is 0.778. The normalized spacial score (nSPS) is 14.7. The molecule has 0 saturated heterocycles. The van der Waals surface area contributed by atoms with Gasteiger partial charge in [0.05, 0.1) is 13.2 Å². The summed E-state index contributed by atoms with van der Waals surface area (Å²) in [4.78, 5) is 21.1. The molecule has 0 radical (unpaired) electrons. The summed E-state index contributed by atoms with van der Waals surface area (Å²) in [6.07, 6.45) is -27.2. The predicted molar refractivity (Wildman–Crippen MR) is 142 cm³/mol. The van der Waals surface area contributed by atoms with Gasteiger partial charge in [-0.1, -0.05) is 36.9 Å². The topological polar surface area (TPSA) is 139 Å². The van der Waals surface area contributed by atoms with Gasteiger partial charge in [-0.3, -0.25) is 4.79 Å². The maximum absolute atomic E-state index is 13.4. The van der Waals surface area contributed by atoms with E-state index in [4.69, 9.17) is 0 Å². The Balaban J connectivity index is -0.000000766. The summed E-state index contributed by atoms with van der Waals surface area (Å²) in [7, 11) is -14.9. The van der Waals surface area contributed by atoms with Crippen LogP contribution >= 0.6 is 45.2 Å². The summed E-state index contributed by atoms with van der Waals surface area (Å²) in [6.45, 7) is 6.27. The standard InChI is InChI=1S/C9H8F9IO5S.C5H8O2.C4F9IO3S/c1-2-23-5(20)4(19)3-6(10,11)7(12,13)24-8(14,15)9(16,17)25(18,21)22;1-3-5(6)7-4-2;5-1(6,14)2(7,8)17-3(9,10)4(11,12)18(13,15)16/h4H,2-3H2,1H3;3H,1,4H2,2H3;. The zero-order valence-corrected chi connectivity index (χ0v) is 29.4. The lowest BCUT2D eigenvalue weighted by molar-refractivity contribution is -0.456. The Hall–Kier alpha value is -1.30. The quantitative estimate of drug-likeness (QED) is 0.0386. The van der Waals surface area contributed by atoms with E-state index in [2.05, 4.69) is 16.1 Å². The van der Waals surface area contributed by atoms with Crippen molar-refractivity contribution >= 4 is 77.6 Å². The van der Waals surface area contributed by atoms with E-state index in [9.17, 15) is 104 Å². The van der Waals surface area contributed by atoms with Gasteiger partial charge in [0.25, 0.3) is 0 Å². The number of ether oxygens (including phenoxy) is 4. The van der Waals surface area contributed by atoms with Crippen LogP contribution in [0, 0.1) is 0 Å². The van der Waals surface area contributed by atoms with Crippen molar-refractivity contribution in [2.24, 2.45) is 0 Å². The minimum Gasteiger partial charge on any atom is -0.465 e. The third-order valence-corrected chi connectivity index (χ3v) is 7.27. The van der Waals surface area contributed by atoms with Crippen molar-refractivity contribution in [1.82, 2.24) is 0 Å². The molecule has 1 unspecified atom stereocenters. The van der Waals surface area contributed by atoms with Crippen LogP contribution in [0.2, 0.25) is 0 Å². The molecule has 0 amide bonds. The van der Waals surface area contributed by atoms with Gasteiger partial charge in [-0.2, -0.15) is 87.1 Å². The highest BCUT2D eigenvalue weighted by Gasteiger charge is 2.75. The van der Waals surface area contributed by atoms with E-state index in [-0.39, 0.29) is 12.6 Å². The monoisotopic (exact) mass is 1050 g/mol. The summed E-state index contributed by atoms with van der Waals surface area (Å²) in [5.41, 5.74) is 0. The second-order valence-corrected chi connectivity index (χ2v) is 13.4. The third-order valence-electron chi connectivity index (χ3n) is 3.99. The number of carbonyl (C=O) groups excluding carboxylic acids is 2. The summed E-state index contributed by atoms with van der Waals surface area (Å²) >= 11 is 0.466. The Morgan fingerprint density at radius 3 is 1.22 bits per heavy atom. The van der Waals surface area contributed by atoms with E-state index in [1.807, 2.05) is 4.74 Å². The highest BCUT2D eigenvalue weighted by molar-refractivity contribution is 14.1. The van der Waals surface area contributed by atoms with Crippen LogP contribution in [0.1, 0.15) is 20.3 Å². The molecule has 0 bridgehead atoms. The molecule has 0 fully saturated rings. The van der Waals surface area contributed by atoms with E-state index in [0.29, 0.717) is 6.61 Å². The molecule has 0 saturated carbocycles. The number of esters is 2. The van der Waals surface area contributed by atoms with Crippen molar-refractivity contribution in [3.63, 3.8) is 0 Å². The number of hydrogen-bond donors (Lipinski definition) is 0. The zero-order valence-electron chi connectivity index (χ0n) is 23.4. The van der Waals surface area contributed by atoms with Gasteiger partial charge in [0.1, 0.15) is 3.92 Å². The SMILES string of the molecule is C=CC(=O)OCC.CCOC(=O)C(I)CC(F)(F)C(F)(F)OC(F)(F)C(F)(F)S(=O)(=O)F.O=S(=O)(F)C(F)(F)C(F)(F)OC(F)(F)C(F)(F)I. The lowest BCUT2D eigenvalue weighted by Gasteiger charge is -2.31. The van der Waals surface area contributed by atoms with Crippen LogP contribution in [0.25, 0.3) is 0 Å². The predicted octanol–water partition coefficient (Wildman–Crippen LogP) is 7.32. The van der Waals surface area contributed by atoms with E-state index in [0.717, 1.165) is 28.7 Å². The molecule has 32 heteroatoms. The minimum atomic E-state index is -7.48. The first-order chi connectivity index (χ1) is 21.6. The second kappa shape index (κ2) is 18.2. The molecule has 0 heterocycles. The summed E-state index contributed by atoms with van der Waals surface area (Å²) in [5.74, 6) is -7.45. The average molecular weight is 1050 g/mol. The smallest absolute Gasteiger partial charge is 0.464 e. The molecule has 0 aromatic heterocycles. The molecular formula is C18H16F18I2O10S2. The Morgan fingerprint density at radius 1 is 0.660 bits per heavy atom. The zero-order chi connectivity index (χ0) is 41.4. The van der Waals surface area contributed by atoms with Gasteiger partial charge < -0.3 is 9.47 Å². The molecular weight excluding hydrogens is 1040 g/mol. The van der Waals surface area contributed by atoms with Gasteiger partial charge in [0.15, 0.2) is 0 Å². The van der Waals surface area contributed by atoms with E-state index >= 15 is 0 Å². The van der Waals surface area contributed by atoms with Gasteiger partial charge in [-0.05, 0) is 13.8 Å². The summed E-state index contributed by atoms with van der Waals surface area (Å²) in [5, 5.41) is -13.6. The molecule has 50 heavy (non-hydrogen) atoms. The van der Waals surface area contributed by atoms with Crippen LogP contribution in [0.5, 0.6) is 0 Å². The van der Waals surface area contributed by atoms with Crippen molar-refractivity contribution in [2.75, 3.05) is 13.2 Å². The van der Waals surface area contributed by atoms with Crippen molar-refractivity contribution in [3.8, 4) is 0 Å². The molecule has 300 valence electrons. The molecule has 0 aromatic rings. The van der Waals surface area contributed by atoms with Crippen molar-refractivity contribution in [2.45, 2.75) is 69.0 Å². The number of carbonyl (C=O) groups is 2. The molecule has 0 aromatic carbocycles. The largest absolute Gasteiger partial charge is 0.465 e. The van der Waals surface area contributed by atoms with Crippen LogP contribution < -0.4 is 0 Å². The lowest BCUT2D eigenvalue weighted by atomic mass is 10.1. The van der Waals surface area contributed by atoms with Crippen molar-refractivity contribution < 1.29 is 123 Å². The molecule has 0 aliphatic carbocycles. The van der Waals surface area contributed by atoms with Crippen molar-refractivity contribution in [3.05, 3.63) is 12.7 Å². The minimum absolute atomic E-state index is 0.338. The Morgan fingerprint density at radius 2 is 0.980 bits per heavy atom. The molecule has 0 aliphatic heterocycles. The van der Waals surface area contributed by atoms with Crippen LogP contribution in [0.3, 0.4) is 0 Å². The first kappa shape index (κ1) is 53.1. The first-order valence-corrected chi connectivity index (χ1v) is 16.3. The summed E-state index contributed by atoms with van der Waals surface area (Å²) < 4.78 is 269. The first-order valence-electron chi connectivity index (χ1n) is 11.2. The number of rotatable bonds is 16. The van der Waals surface area contributed by atoms with E-state index < -0.39 is 104 Å². The van der Waals surface area contributed by atoms with Gasteiger partial charge in [0, 0.05) is 35.1 Å². The number of halogens is 20. The Bertz CT molecular complexity index is 1370. The molecule has 0 spiro atoms. The van der Waals surface area contributed by atoms with Crippen LogP contribution in [-0.2, 0) is 49.0 Å². The fourth-order valence-electron chi connectivity index (χ4n) is 1.72. The van der Waals surface area contributed by atoms with Crippen LogP contribution in [0.4, 0.5) is 78.0 Å². The van der Waals surface area contributed by atoms with Crippen LogP contribution in [0.15, 0.2) is 12.7 Å². The summed E-state index contributed by atoms with van der Waals surface area (Å²) in [6, 6.07) is 0. The molecule has 0 aliphatic rings. The Labute approximate surface area is 294 Å². The van der Waals surface area contributed by atoms with E-state index in [1.54, 1.807) is 11.7 Å². The van der Waals surface area contributed by atoms with Gasteiger partial charge in [-0.25, -0.2) is 14.3 Å². The molecule has 1 atom stereocenters. The highest BCUT2D eigenvalue weighted by Crippen LogP contribution is 2.50. The maximum Gasteiger partial charge on any atom is 0.464 e. The fourth-order valence-corrected chi connectivity index (χ4v) is 3.21. The van der Waals surface area contributed by atoms with E-state index in [1.165, 1.54) is 6.92 Å². The number of alkyl halides is 18.